The van der Waals surface area contributed by atoms with Crippen molar-refractivity contribution in [3.8, 4) is 5.75 Å². The Kier molecular flexibility index (Phi) is 4.94. The van der Waals surface area contributed by atoms with Crippen molar-refractivity contribution in [2.75, 3.05) is 12.9 Å². The van der Waals surface area contributed by atoms with E-state index in [1.165, 1.54) is 0 Å². The SMILES string of the molecule is COc1ccc(C(O)C(O)CCS)cc1. The monoisotopic (exact) mass is 228 g/mol. The molecule has 0 fully saturated rings. The summed E-state index contributed by atoms with van der Waals surface area (Å²) in [4.78, 5) is 0. The zero-order chi connectivity index (χ0) is 11.3. The average Bonchev–Trinajstić information content (AvgIpc) is 2.28. The van der Waals surface area contributed by atoms with E-state index in [-0.39, 0.29) is 0 Å². The number of methoxy groups -OCH3 is 1. The Labute approximate surface area is 95.1 Å². The van der Waals surface area contributed by atoms with Gasteiger partial charge in [0.25, 0.3) is 0 Å². The summed E-state index contributed by atoms with van der Waals surface area (Å²) in [6.07, 6.45) is -1.16. The van der Waals surface area contributed by atoms with E-state index in [2.05, 4.69) is 12.6 Å². The number of aliphatic hydroxyl groups is 2. The van der Waals surface area contributed by atoms with Crippen molar-refractivity contribution >= 4 is 12.6 Å². The largest absolute Gasteiger partial charge is 0.497 e. The number of rotatable bonds is 5. The van der Waals surface area contributed by atoms with Crippen molar-refractivity contribution in [3.05, 3.63) is 29.8 Å². The highest BCUT2D eigenvalue weighted by molar-refractivity contribution is 7.80. The van der Waals surface area contributed by atoms with Crippen molar-refractivity contribution in [1.82, 2.24) is 0 Å². The fourth-order valence-corrected chi connectivity index (χ4v) is 1.58. The van der Waals surface area contributed by atoms with Crippen LogP contribution in [0, 0.1) is 0 Å². The summed E-state index contributed by atoms with van der Waals surface area (Å²) in [5, 5.41) is 19.3. The van der Waals surface area contributed by atoms with Gasteiger partial charge in [-0.1, -0.05) is 12.1 Å². The minimum absolute atomic E-state index is 0.469. The third-order valence-corrected chi connectivity index (χ3v) is 2.50. The summed E-state index contributed by atoms with van der Waals surface area (Å²) in [5.74, 6) is 1.28. The fourth-order valence-electron chi connectivity index (χ4n) is 1.31. The molecule has 0 bridgehead atoms. The van der Waals surface area contributed by atoms with Crippen LogP contribution < -0.4 is 4.74 Å². The molecule has 0 aromatic heterocycles. The van der Waals surface area contributed by atoms with E-state index in [1.807, 2.05) is 0 Å². The minimum Gasteiger partial charge on any atom is -0.497 e. The second-order valence-corrected chi connectivity index (χ2v) is 3.74. The lowest BCUT2D eigenvalue weighted by Crippen LogP contribution is -2.18. The predicted molar refractivity (Wildman–Crippen MR) is 62.4 cm³/mol. The first kappa shape index (κ1) is 12.4. The molecule has 4 heteroatoms. The maximum atomic E-state index is 9.76. The van der Waals surface area contributed by atoms with E-state index in [0.717, 1.165) is 5.75 Å². The van der Waals surface area contributed by atoms with Crippen molar-refractivity contribution < 1.29 is 14.9 Å². The van der Waals surface area contributed by atoms with Gasteiger partial charge in [0.1, 0.15) is 11.9 Å². The Bertz CT molecular complexity index is 286. The van der Waals surface area contributed by atoms with Crippen molar-refractivity contribution in [2.45, 2.75) is 18.6 Å². The average molecular weight is 228 g/mol. The number of benzene rings is 1. The molecule has 0 aliphatic rings. The topological polar surface area (TPSA) is 49.7 Å². The zero-order valence-electron chi connectivity index (χ0n) is 8.63. The van der Waals surface area contributed by atoms with Crippen molar-refractivity contribution in [3.63, 3.8) is 0 Å². The van der Waals surface area contributed by atoms with Gasteiger partial charge in [-0.15, -0.1) is 0 Å². The second kappa shape index (κ2) is 6.00. The molecule has 2 unspecified atom stereocenters. The molecule has 0 heterocycles. The van der Waals surface area contributed by atoms with E-state index >= 15 is 0 Å². The van der Waals surface area contributed by atoms with Gasteiger partial charge in [-0.2, -0.15) is 12.6 Å². The normalized spacial score (nSPS) is 14.7. The molecular weight excluding hydrogens is 212 g/mol. The number of thiol groups is 1. The Morgan fingerprint density at radius 1 is 1.27 bits per heavy atom. The molecule has 2 N–H and O–H groups in total. The van der Waals surface area contributed by atoms with Gasteiger partial charge >= 0.3 is 0 Å². The van der Waals surface area contributed by atoms with Crippen molar-refractivity contribution in [2.24, 2.45) is 0 Å². The van der Waals surface area contributed by atoms with Crippen LogP contribution >= 0.6 is 12.6 Å². The molecule has 0 amide bonds. The second-order valence-electron chi connectivity index (χ2n) is 3.30. The Hall–Kier alpha value is -0.710. The molecule has 0 spiro atoms. The third kappa shape index (κ3) is 3.41. The highest BCUT2D eigenvalue weighted by atomic mass is 32.1. The highest BCUT2D eigenvalue weighted by Gasteiger charge is 2.17. The van der Waals surface area contributed by atoms with Crippen LogP contribution in [-0.4, -0.2) is 29.2 Å². The van der Waals surface area contributed by atoms with Gasteiger partial charge in [-0.25, -0.2) is 0 Å². The van der Waals surface area contributed by atoms with Crippen LogP contribution in [0.3, 0.4) is 0 Å². The molecule has 0 aliphatic heterocycles. The summed E-state index contributed by atoms with van der Waals surface area (Å²) in [5.41, 5.74) is 0.685. The Morgan fingerprint density at radius 3 is 2.33 bits per heavy atom. The zero-order valence-corrected chi connectivity index (χ0v) is 9.52. The first-order valence-corrected chi connectivity index (χ1v) is 5.43. The molecule has 0 radical (unpaired) electrons. The molecule has 1 rings (SSSR count). The minimum atomic E-state index is -0.858. The number of ether oxygens (including phenoxy) is 1. The van der Waals surface area contributed by atoms with Crippen LogP contribution in [0.1, 0.15) is 18.1 Å². The summed E-state index contributed by atoms with van der Waals surface area (Å²) in [7, 11) is 1.58. The van der Waals surface area contributed by atoms with Crippen LogP contribution in [0.2, 0.25) is 0 Å². The predicted octanol–water partition coefficient (Wildman–Crippen LogP) is 1.41. The summed E-state index contributed by atoms with van der Waals surface area (Å²) < 4.78 is 5.00. The summed E-state index contributed by atoms with van der Waals surface area (Å²) in [6.45, 7) is 0. The van der Waals surface area contributed by atoms with Crippen LogP contribution in [0.4, 0.5) is 0 Å². The van der Waals surface area contributed by atoms with Crippen LogP contribution in [0.5, 0.6) is 5.75 Å². The quantitative estimate of drug-likeness (QED) is 0.668. The van der Waals surface area contributed by atoms with Gasteiger partial charge in [0.15, 0.2) is 0 Å². The van der Waals surface area contributed by atoms with Gasteiger partial charge in [-0.3, -0.25) is 0 Å². The molecule has 0 saturated carbocycles. The maximum Gasteiger partial charge on any atom is 0.118 e. The van der Waals surface area contributed by atoms with E-state index in [0.29, 0.717) is 17.7 Å². The third-order valence-electron chi connectivity index (χ3n) is 2.25. The molecule has 2 atom stereocenters. The van der Waals surface area contributed by atoms with Gasteiger partial charge < -0.3 is 14.9 Å². The standard InChI is InChI=1S/C11H16O3S/c1-14-9-4-2-8(3-5-9)11(13)10(12)6-7-15/h2-5,10-13,15H,6-7H2,1H3. The maximum absolute atomic E-state index is 9.76. The molecule has 3 nitrogen and oxygen atoms in total. The van der Waals surface area contributed by atoms with E-state index in [1.54, 1.807) is 31.4 Å². The first-order valence-electron chi connectivity index (χ1n) is 4.80. The van der Waals surface area contributed by atoms with Gasteiger partial charge in [-0.05, 0) is 29.9 Å². The Balaban J connectivity index is 2.69. The number of hydrogen-bond acceptors (Lipinski definition) is 4. The lowest BCUT2D eigenvalue weighted by molar-refractivity contribution is 0.0172. The molecule has 84 valence electrons. The number of hydrogen-bond donors (Lipinski definition) is 3. The molecule has 1 aromatic carbocycles. The van der Waals surface area contributed by atoms with E-state index < -0.39 is 12.2 Å². The van der Waals surface area contributed by atoms with Crippen LogP contribution in [0.15, 0.2) is 24.3 Å². The molecule has 15 heavy (non-hydrogen) atoms. The Morgan fingerprint density at radius 2 is 1.87 bits per heavy atom. The lowest BCUT2D eigenvalue weighted by atomic mass is 10.0. The molecular formula is C11H16O3S. The lowest BCUT2D eigenvalue weighted by Gasteiger charge is -2.17. The fraction of sp³-hybridized carbons (Fsp3) is 0.455. The van der Waals surface area contributed by atoms with Crippen molar-refractivity contribution in [1.29, 1.82) is 0 Å². The van der Waals surface area contributed by atoms with E-state index in [4.69, 9.17) is 4.74 Å². The molecule has 0 saturated heterocycles. The molecule has 1 aromatic rings. The summed E-state index contributed by atoms with van der Waals surface area (Å²) in [6, 6.07) is 6.99. The van der Waals surface area contributed by atoms with Gasteiger partial charge in [0.05, 0.1) is 13.2 Å². The van der Waals surface area contributed by atoms with Gasteiger partial charge in [0, 0.05) is 0 Å². The highest BCUT2D eigenvalue weighted by Crippen LogP contribution is 2.21. The van der Waals surface area contributed by atoms with Gasteiger partial charge in [0.2, 0.25) is 0 Å². The van der Waals surface area contributed by atoms with Crippen LogP contribution in [0.25, 0.3) is 0 Å². The number of aliphatic hydroxyl groups excluding tert-OH is 2. The molecule has 0 aliphatic carbocycles. The van der Waals surface area contributed by atoms with Crippen LogP contribution in [-0.2, 0) is 0 Å². The smallest absolute Gasteiger partial charge is 0.118 e. The van der Waals surface area contributed by atoms with E-state index in [9.17, 15) is 10.2 Å². The summed E-state index contributed by atoms with van der Waals surface area (Å²) >= 11 is 4.01. The first-order chi connectivity index (χ1) is 7.19.